The van der Waals surface area contributed by atoms with E-state index in [9.17, 15) is 9.59 Å². The van der Waals surface area contributed by atoms with E-state index in [1.807, 2.05) is 55.5 Å². The Hall–Kier alpha value is -2.88. The molecule has 2 rings (SSSR count). The molecule has 1 N–H and O–H groups in total. The summed E-state index contributed by atoms with van der Waals surface area (Å²) in [5.74, 6) is -0.562. The number of benzene rings is 2. The average molecular weight is 365 g/mol. The average Bonchev–Trinajstić information content (AvgIpc) is 2.67. The number of anilines is 1. The molecule has 0 aliphatic rings. The fourth-order valence-electron chi connectivity index (χ4n) is 2.60. The van der Waals surface area contributed by atoms with Crippen molar-refractivity contribution in [2.75, 3.05) is 5.32 Å². The molecular formula is C23H27NO3. The highest BCUT2D eigenvalue weighted by Gasteiger charge is 2.18. The zero-order valence-electron chi connectivity index (χ0n) is 16.4. The molecule has 4 heteroatoms. The van der Waals surface area contributed by atoms with E-state index >= 15 is 0 Å². The minimum atomic E-state index is -0.884. The molecule has 1 amide bonds. The first kappa shape index (κ1) is 20.4. The number of ether oxygens (including phenoxy) is 1. The number of carbonyl (C=O) groups is 2. The van der Waals surface area contributed by atoms with Gasteiger partial charge >= 0.3 is 5.97 Å². The van der Waals surface area contributed by atoms with Crippen LogP contribution < -0.4 is 5.32 Å². The molecule has 0 aliphatic heterocycles. The van der Waals surface area contributed by atoms with Gasteiger partial charge in [-0.15, -0.1) is 0 Å². The number of hydrogen-bond donors (Lipinski definition) is 1. The smallest absolute Gasteiger partial charge is 0.331 e. The number of rotatable bonds is 7. The minimum absolute atomic E-state index is 0.330. The van der Waals surface area contributed by atoms with Gasteiger partial charge in [0.15, 0.2) is 6.10 Å². The van der Waals surface area contributed by atoms with Gasteiger partial charge in [0, 0.05) is 11.8 Å². The van der Waals surface area contributed by atoms with Gasteiger partial charge in [-0.1, -0.05) is 61.9 Å². The lowest BCUT2D eigenvalue weighted by Gasteiger charge is -2.17. The summed E-state index contributed by atoms with van der Waals surface area (Å²) in [4.78, 5) is 24.4. The molecule has 0 heterocycles. The summed E-state index contributed by atoms with van der Waals surface area (Å²) in [6.45, 7) is 7.79. The molecule has 27 heavy (non-hydrogen) atoms. The molecule has 0 spiro atoms. The maximum absolute atomic E-state index is 12.4. The summed E-state index contributed by atoms with van der Waals surface area (Å²) in [5.41, 5.74) is 3.89. The van der Waals surface area contributed by atoms with Crippen molar-refractivity contribution in [1.82, 2.24) is 0 Å². The summed E-state index contributed by atoms with van der Waals surface area (Å²) in [6, 6.07) is 15.5. The van der Waals surface area contributed by atoms with Crippen molar-refractivity contribution in [1.29, 1.82) is 0 Å². The molecule has 0 bridgehead atoms. The summed E-state index contributed by atoms with van der Waals surface area (Å²) in [7, 11) is 0. The van der Waals surface area contributed by atoms with E-state index in [-0.39, 0.29) is 5.91 Å². The van der Waals surface area contributed by atoms with Gasteiger partial charge in [0.25, 0.3) is 5.91 Å². The van der Waals surface area contributed by atoms with E-state index in [4.69, 9.17) is 4.74 Å². The number of para-hydroxylation sites is 1. The van der Waals surface area contributed by atoms with E-state index in [0.717, 1.165) is 28.8 Å². The lowest BCUT2D eigenvalue weighted by molar-refractivity contribution is -0.148. The Balaban J connectivity index is 1.95. The number of amides is 1. The van der Waals surface area contributed by atoms with Gasteiger partial charge in [-0.2, -0.15) is 0 Å². The van der Waals surface area contributed by atoms with E-state index in [1.54, 1.807) is 13.0 Å². The van der Waals surface area contributed by atoms with E-state index in [2.05, 4.69) is 19.2 Å². The van der Waals surface area contributed by atoms with Gasteiger partial charge in [0.2, 0.25) is 0 Å². The second kappa shape index (κ2) is 9.72. The van der Waals surface area contributed by atoms with Crippen molar-refractivity contribution in [3.8, 4) is 0 Å². The zero-order valence-corrected chi connectivity index (χ0v) is 16.4. The van der Waals surface area contributed by atoms with Crippen LogP contribution in [0.1, 0.15) is 49.8 Å². The van der Waals surface area contributed by atoms with Crippen LogP contribution in [-0.2, 0) is 14.3 Å². The Morgan fingerprint density at radius 1 is 1.07 bits per heavy atom. The standard InChI is InChI=1S/C23H27NO3/c1-5-17(3)20-8-6-7-9-21(20)24-23(26)18(4)27-22(25)15-14-19-12-10-16(2)11-13-19/h6-15,17-18H,5H2,1-4H3,(H,24,26)/b15-14+/t17-,18-/m1/s1. The van der Waals surface area contributed by atoms with Crippen LogP contribution in [0.3, 0.4) is 0 Å². The van der Waals surface area contributed by atoms with Gasteiger partial charge in [0.1, 0.15) is 0 Å². The first-order valence-electron chi connectivity index (χ1n) is 9.25. The summed E-state index contributed by atoms with van der Waals surface area (Å²) >= 11 is 0. The molecule has 2 aromatic rings. The number of carbonyl (C=O) groups excluding carboxylic acids is 2. The topological polar surface area (TPSA) is 55.4 Å². The predicted octanol–water partition coefficient (Wildman–Crippen LogP) is 5.09. The molecule has 0 radical (unpaired) electrons. The largest absolute Gasteiger partial charge is 0.449 e. The molecular weight excluding hydrogens is 338 g/mol. The van der Waals surface area contributed by atoms with Crippen molar-refractivity contribution < 1.29 is 14.3 Å². The van der Waals surface area contributed by atoms with Crippen LogP contribution in [0.25, 0.3) is 6.08 Å². The first-order chi connectivity index (χ1) is 12.9. The van der Waals surface area contributed by atoms with Gasteiger partial charge in [-0.3, -0.25) is 4.79 Å². The SMILES string of the molecule is CC[C@@H](C)c1ccccc1NC(=O)[C@@H](C)OC(=O)/C=C/c1ccc(C)cc1. The first-order valence-corrected chi connectivity index (χ1v) is 9.25. The van der Waals surface area contributed by atoms with Crippen LogP contribution in [-0.4, -0.2) is 18.0 Å². The molecule has 2 atom stereocenters. The second-order valence-corrected chi connectivity index (χ2v) is 6.71. The highest BCUT2D eigenvalue weighted by molar-refractivity contribution is 5.97. The molecule has 4 nitrogen and oxygen atoms in total. The van der Waals surface area contributed by atoms with E-state index in [0.29, 0.717) is 5.92 Å². The molecule has 0 saturated carbocycles. The van der Waals surface area contributed by atoms with Gasteiger partial charge in [0.05, 0.1) is 0 Å². The van der Waals surface area contributed by atoms with Crippen LogP contribution >= 0.6 is 0 Å². The van der Waals surface area contributed by atoms with Crippen molar-refractivity contribution in [2.45, 2.75) is 46.1 Å². The number of nitrogens with one attached hydrogen (secondary N) is 1. The third-order valence-corrected chi connectivity index (χ3v) is 4.51. The fourth-order valence-corrected chi connectivity index (χ4v) is 2.60. The van der Waals surface area contributed by atoms with Crippen LogP contribution in [0.4, 0.5) is 5.69 Å². The predicted molar refractivity (Wildman–Crippen MR) is 110 cm³/mol. The Labute approximate surface area is 161 Å². The quantitative estimate of drug-likeness (QED) is 0.549. The number of hydrogen-bond acceptors (Lipinski definition) is 3. The maximum Gasteiger partial charge on any atom is 0.331 e. The normalized spacial score (nSPS) is 13.2. The molecule has 0 fully saturated rings. The monoisotopic (exact) mass is 365 g/mol. The van der Waals surface area contributed by atoms with Crippen molar-refractivity contribution in [3.05, 3.63) is 71.3 Å². The molecule has 0 aliphatic carbocycles. The zero-order chi connectivity index (χ0) is 19.8. The number of aryl methyl sites for hydroxylation is 1. The lowest BCUT2D eigenvalue weighted by Crippen LogP contribution is -2.29. The minimum Gasteiger partial charge on any atom is -0.449 e. The number of esters is 1. The van der Waals surface area contributed by atoms with Crippen molar-refractivity contribution in [2.24, 2.45) is 0 Å². The maximum atomic E-state index is 12.4. The second-order valence-electron chi connectivity index (χ2n) is 6.71. The Morgan fingerprint density at radius 3 is 2.41 bits per heavy atom. The van der Waals surface area contributed by atoms with Gasteiger partial charge in [-0.25, -0.2) is 4.79 Å². The van der Waals surface area contributed by atoms with Crippen LogP contribution in [0.15, 0.2) is 54.6 Å². The van der Waals surface area contributed by atoms with E-state index in [1.165, 1.54) is 6.08 Å². The van der Waals surface area contributed by atoms with Gasteiger partial charge < -0.3 is 10.1 Å². The molecule has 2 aromatic carbocycles. The molecule has 142 valence electrons. The Bertz CT molecular complexity index is 809. The third-order valence-electron chi connectivity index (χ3n) is 4.51. The van der Waals surface area contributed by atoms with Crippen LogP contribution in [0, 0.1) is 6.92 Å². The van der Waals surface area contributed by atoms with Gasteiger partial charge in [-0.05, 0) is 49.5 Å². The third kappa shape index (κ3) is 6.10. The summed E-state index contributed by atoms with van der Waals surface area (Å²) < 4.78 is 5.22. The Kier molecular flexibility index (Phi) is 7.35. The van der Waals surface area contributed by atoms with Crippen molar-refractivity contribution in [3.63, 3.8) is 0 Å². The van der Waals surface area contributed by atoms with E-state index < -0.39 is 12.1 Å². The van der Waals surface area contributed by atoms with Crippen LogP contribution in [0.5, 0.6) is 0 Å². The lowest BCUT2D eigenvalue weighted by atomic mass is 9.97. The Morgan fingerprint density at radius 2 is 1.74 bits per heavy atom. The highest BCUT2D eigenvalue weighted by Crippen LogP contribution is 2.26. The summed E-state index contributed by atoms with van der Waals surface area (Å²) in [5, 5.41) is 2.87. The molecule has 0 saturated heterocycles. The van der Waals surface area contributed by atoms with Crippen LogP contribution in [0.2, 0.25) is 0 Å². The molecule has 0 unspecified atom stereocenters. The molecule has 0 aromatic heterocycles. The van der Waals surface area contributed by atoms with Crippen molar-refractivity contribution >= 4 is 23.6 Å². The fraction of sp³-hybridized carbons (Fsp3) is 0.304. The summed E-state index contributed by atoms with van der Waals surface area (Å²) in [6.07, 6.45) is 3.10. The highest BCUT2D eigenvalue weighted by atomic mass is 16.5.